The second kappa shape index (κ2) is 9.90. The monoisotopic (exact) mass is 444 g/mol. The molecule has 0 aliphatic rings. The quantitative estimate of drug-likeness (QED) is 0.270. The molecule has 0 bridgehead atoms. The lowest BCUT2D eigenvalue weighted by Crippen LogP contribution is -2.49. The highest BCUT2D eigenvalue weighted by Gasteiger charge is 2.46. The zero-order valence-corrected chi connectivity index (χ0v) is 21.9. The number of carbonyl (C=O) groups is 2. The topological polar surface area (TPSA) is 102 Å². The third kappa shape index (κ3) is 8.48. The van der Waals surface area contributed by atoms with Crippen molar-refractivity contribution < 1.29 is 33.9 Å². The normalized spacial score (nSPS) is 17.0. The molecular weight excluding hydrogens is 399 g/mol. The van der Waals surface area contributed by atoms with E-state index in [4.69, 9.17) is 14.1 Å². The van der Waals surface area contributed by atoms with Crippen LogP contribution in [-0.4, -0.2) is 58.6 Å². The molecule has 0 aromatic carbocycles. The molecular formula is C23H45BO7. The molecule has 3 unspecified atom stereocenters. The van der Waals surface area contributed by atoms with Gasteiger partial charge in [0.1, 0.15) is 11.7 Å². The predicted molar refractivity (Wildman–Crippen MR) is 123 cm³/mol. The Morgan fingerprint density at radius 3 is 1.68 bits per heavy atom. The highest BCUT2D eigenvalue weighted by molar-refractivity contribution is 6.32. The Balaban J connectivity index is 5.23. The van der Waals surface area contributed by atoms with Crippen molar-refractivity contribution >= 4 is 19.2 Å². The van der Waals surface area contributed by atoms with E-state index in [1.54, 1.807) is 41.5 Å². The standard InChI is InChI=1S/C23H45BO7/c1-14(20(6,7)27)18(26)30-22(10,11)21(8,9)24-31-16(3)19(4,5)17(25)15(2)29-23(12,13)28/h14-16,24,27-28H,1-13H3. The zero-order valence-electron chi connectivity index (χ0n) is 21.9. The van der Waals surface area contributed by atoms with Crippen LogP contribution in [0.2, 0.25) is 5.31 Å². The van der Waals surface area contributed by atoms with Crippen LogP contribution in [0.25, 0.3) is 0 Å². The lowest BCUT2D eigenvalue weighted by molar-refractivity contribution is -0.207. The van der Waals surface area contributed by atoms with Gasteiger partial charge in [-0.05, 0) is 62.3 Å². The molecule has 0 rings (SSSR count). The molecule has 7 nitrogen and oxygen atoms in total. The molecule has 0 fully saturated rings. The molecule has 0 amide bonds. The molecule has 31 heavy (non-hydrogen) atoms. The first-order chi connectivity index (χ1) is 13.5. The summed E-state index contributed by atoms with van der Waals surface area (Å²) in [5, 5.41) is 19.4. The highest BCUT2D eigenvalue weighted by atomic mass is 16.6. The van der Waals surface area contributed by atoms with E-state index in [2.05, 4.69) is 0 Å². The smallest absolute Gasteiger partial charge is 0.312 e. The number of rotatable bonds is 12. The fraction of sp³-hybridized carbons (Fsp3) is 0.913. The Bertz CT molecular complexity index is 627. The molecule has 0 aliphatic carbocycles. The summed E-state index contributed by atoms with van der Waals surface area (Å²) in [6, 6.07) is 0. The van der Waals surface area contributed by atoms with Crippen molar-refractivity contribution in [3.8, 4) is 0 Å². The fourth-order valence-electron chi connectivity index (χ4n) is 2.69. The Hall–Kier alpha value is -0.955. The summed E-state index contributed by atoms with van der Waals surface area (Å²) in [6.45, 7) is 22.2. The first-order valence-electron chi connectivity index (χ1n) is 11.0. The minimum atomic E-state index is -1.41. The van der Waals surface area contributed by atoms with Crippen molar-refractivity contribution in [2.45, 2.75) is 125 Å². The van der Waals surface area contributed by atoms with Gasteiger partial charge in [-0.15, -0.1) is 0 Å². The van der Waals surface area contributed by atoms with Crippen LogP contribution in [0.1, 0.15) is 90.0 Å². The maximum atomic E-state index is 12.9. The van der Waals surface area contributed by atoms with Crippen molar-refractivity contribution in [3.05, 3.63) is 0 Å². The van der Waals surface area contributed by atoms with E-state index in [-0.39, 0.29) is 13.3 Å². The number of ether oxygens (including phenoxy) is 2. The first kappa shape index (κ1) is 30.0. The van der Waals surface area contributed by atoms with E-state index in [1.807, 2.05) is 34.6 Å². The van der Waals surface area contributed by atoms with Crippen LogP contribution < -0.4 is 0 Å². The Kier molecular flexibility index (Phi) is 9.59. The SMILES string of the molecule is CC(OC(C)(C)O)C(=O)C(C)(C)C(C)OBC(C)(C)C(C)(C)OC(=O)C(C)C(C)(C)O. The van der Waals surface area contributed by atoms with Gasteiger partial charge in [-0.1, -0.05) is 27.7 Å². The van der Waals surface area contributed by atoms with Gasteiger partial charge in [0.15, 0.2) is 11.6 Å². The molecule has 182 valence electrons. The van der Waals surface area contributed by atoms with Crippen LogP contribution >= 0.6 is 0 Å². The first-order valence-corrected chi connectivity index (χ1v) is 11.0. The second-order valence-electron chi connectivity index (χ2n) is 11.4. The number of hydrogen-bond acceptors (Lipinski definition) is 7. The van der Waals surface area contributed by atoms with Crippen molar-refractivity contribution in [2.24, 2.45) is 11.3 Å². The summed E-state index contributed by atoms with van der Waals surface area (Å²) in [5.41, 5.74) is -2.93. The van der Waals surface area contributed by atoms with Crippen LogP contribution in [0.15, 0.2) is 0 Å². The van der Waals surface area contributed by atoms with Crippen molar-refractivity contribution in [3.63, 3.8) is 0 Å². The molecule has 0 aliphatic heterocycles. The van der Waals surface area contributed by atoms with Gasteiger partial charge in [0.2, 0.25) is 0 Å². The van der Waals surface area contributed by atoms with Crippen molar-refractivity contribution in [1.82, 2.24) is 0 Å². The molecule has 0 saturated carbocycles. The third-order valence-corrected chi connectivity index (χ3v) is 6.58. The van der Waals surface area contributed by atoms with E-state index >= 15 is 0 Å². The van der Waals surface area contributed by atoms with Crippen molar-refractivity contribution in [1.29, 1.82) is 0 Å². The second-order valence-corrected chi connectivity index (χ2v) is 11.4. The summed E-state index contributed by atoms with van der Waals surface area (Å²) < 4.78 is 17.2. The van der Waals surface area contributed by atoms with Gasteiger partial charge in [0, 0.05) is 11.4 Å². The van der Waals surface area contributed by atoms with Crippen LogP contribution in [0.5, 0.6) is 0 Å². The molecule has 0 radical (unpaired) electrons. The zero-order chi connectivity index (χ0) is 25.2. The lowest BCUT2D eigenvalue weighted by atomic mass is 9.57. The molecule has 0 saturated heterocycles. The molecule has 3 atom stereocenters. The number of Topliss-reactive ketones (excluding diaryl/α,β-unsaturated/α-hetero) is 1. The van der Waals surface area contributed by atoms with E-state index in [9.17, 15) is 19.8 Å². The van der Waals surface area contributed by atoms with Crippen LogP contribution in [0.4, 0.5) is 0 Å². The number of ketones is 1. The van der Waals surface area contributed by atoms with Gasteiger partial charge >= 0.3 is 5.97 Å². The minimum absolute atomic E-state index is 0.176. The molecule has 8 heteroatoms. The molecule has 0 aromatic heterocycles. The number of esters is 1. The third-order valence-electron chi connectivity index (χ3n) is 6.58. The largest absolute Gasteiger partial charge is 0.459 e. The average Bonchev–Trinajstić information content (AvgIpc) is 2.55. The molecule has 0 aromatic rings. The Labute approximate surface area is 189 Å². The highest BCUT2D eigenvalue weighted by Crippen LogP contribution is 2.42. The fourth-order valence-corrected chi connectivity index (χ4v) is 2.69. The van der Waals surface area contributed by atoms with Crippen LogP contribution in [0.3, 0.4) is 0 Å². The maximum Gasteiger partial charge on any atom is 0.312 e. The minimum Gasteiger partial charge on any atom is -0.459 e. The van der Waals surface area contributed by atoms with Gasteiger partial charge in [-0.25, -0.2) is 0 Å². The van der Waals surface area contributed by atoms with E-state index < -0.39 is 51.8 Å². The summed E-state index contributed by atoms with van der Waals surface area (Å²) in [7, 11) is 0.239. The van der Waals surface area contributed by atoms with Crippen LogP contribution in [0, 0.1) is 11.3 Å². The summed E-state index contributed by atoms with van der Waals surface area (Å²) >= 11 is 0. The Morgan fingerprint density at radius 2 is 1.29 bits per heavy atom. The van der Waals surface area contributed by atoms with Crippen LogP contribution in [-0.2, 0) is 23.7 Å². The molecule has 0 spiro atoms. The summed E-state index contributed by atoms with van der Waals surface area (Å²) in [4.78, 5) is 25.4. The van der Waals surface area contributed by atoms with E-state index in [1.165, 1.54) is 13.8 Å². The molecule has 0 heterocycles. The van der Waals surface area contributed by atoms with Gasteiger partial charge in [-0.3, -0.25) is 9.59 Å². The van der Waals surface area contributed by atoms with Gasteiger partial charge in [-0.2, -0.15) is 0 Å². The average molecular weight is 444 g/mol. The molecule has 2 N–H and O–H groups in total. The Morgan fingerprint density at radius 1 is 0.839 bits per heavy atom. The van der Waals surface area contributed by atoms with Gasteiger partial charge in [0.05, 0.1) is 16.9 Å². The lowest BCUT2D eigenvalue weighted by Gasteiger charge is -2.43. The van der Waals surface area contributed by atoms with E-state index in [0.717, 1.165) is 0 Å². The van der Waals surface area contributed by atoms with Gasteiger partial charge < -0.3 is 24.3 Å². The van der Waals surface area contributed by atoms with Crippen molar-refractivity contribution in [2.75, 3.05) is 0 Å². The number of carbonyl (C=O) groups excluding carboxylic acids is 2. The predicted octanol–water partition coefficient (Wildman–Crippen LogP) is 3.40. The summed E-state index contributed by atoms with van der Waals surface area (Å²) in [6.07, 6.45) is -1.25. The number of hydrogen-bond donors (Lipinski definition) is 2. The summed E-state index contributed by atoms with van der Waals surface area (Å²) in [5.74, 6) is -2.75. The van der Waals surface area contributed by atoms with Gasteiger partial charge in [0.25, 0.3) is 7.48 Å². The van der Waals surface area contributed by atoms with E-state index in [0.29, 0.717) is 0 Å². The maximum absolute atomic E-state index is 12.9. The number of aliphatic hydroxyl groups is 2.